The molecule has 2 unspecified atom stereocenters. The molecular formula is C15H27N3S. The van der Waals surface area contributed by atoms with Gasteiger partial charge in [-0.15, -0.1) is 11.3 Å². The summed E-state index contributed by atoms with van der Waals surface area (Å²) in [6.07, 6.45) is 3.85. The zero-order valence-electron chi connectivity index (χ0n) is 12.7. The van der Waals surface area contributed by atoms with E-state index in [1.807, 2.05) is 11.3 Å². The number of hydrogen-bond acceptors (Lipinski definition) is 4. The molecule has 0 bridgehead atoms. The number of nitrogens with one attached hydrogen (secondary N) is 1. The highest BCUT2D eigenvalue weighted by molar-refractivity contribution is 7.15. The van der Waals surface area contributed by atoms with Gasteiger partial charge in [-0.25, -0.2) is 4.98 Å². The molecule has 0 radical (unpaired) electrons. The first-order chi connectivity index (χ1) is 9.11. The summed E-state index contributed by atoms with van der Waals surface area (Å²) in [4.78, 5) is 8.68. The summed E-state index contributed by atoms with van der Waals surface area (Å²) in [6.45, 7) is 12.4. The SMILES string of the molecule is CCCNC(C)c1sc(N2CCCC(C)C2)nc1C. The quantitative estimate of drug-likeness (QED) is 0.891. The van der Waals surface area contributed by atoms with E-state index in [9.17, 15) is 0 Å². The van der Waals surface area contributed by atoms with Gasteiger partial charge in [0.15, 0.2) is 5.13 Å². The molecule has 2 rings (SSSR count). The van der Waals surface area contributed by atoms with E-state index >= 15 is 0 Å². The minimum Gasteiger partial charge on any atom is -0.348 e. The van der Waals surface area contributed by atoms with Crippen molar-refractivity contribution in [2.45, 2.75) is 53.0 Å². The van der Waals surface area contributed by atoms with Crippen molar-refractivity contribution in [2.24, 2.45) is 5.92 Å². The topological polar surface area (TPSA) is 28.2 Å². The third-order valence-electron chi connectivity index (χ3n) is 3.84. The van der Waals surface area contributed by atoms with E-state index in [-0.39, 0.29) is 0 Å². The smallest absolute Gasteiger partial charge is 0.185 e. The van der Waals surface area contributed by atoms with E-state index in [0.29, 0.717) is 6.04 Å². The summed E-state index contributed by atoms with van der Waals surface area (Å²) < 4.78 is 0. The Morgan fingerprint density at radius 1 is 1.53 bits per heavy atom. The fraction of sp³-hybridized carbons (Fsp3) is 0.800. The first-order valence-corrected chi connectivity index (χ1v) is 8.39. The van der Waals surface area contributed by atoms with Gasteiger partial charge in [-0.05, 0) is 45.6 Å². The van der Waals surface area contributed by atoms with Crippen LogP contribution in [0.3, 0.4) is 0 Å². The largest absolute Gasteiger partial charge is 0.348 e. The van der Waals surface area contributed by atoms with Crippen LogP contribution in [-0.4, -0.2) is 24.6 Å². The van der Waals surface area contributed by atoms with Crippen molar-refractivity contribution in [3.63, 3.8) is 0 Å². The highest BCUT2D eigenvalue weighted by Gasteiger charge is 2.21. The number of anilines is 1. The lowest BCUT2D eigenvalue weighted by atomic mass is 10.0. The molecule has 1 aliphatic rings. The van der Waals surface area contributed by atoms with Crippen molar-refractivity contribution >= 4 is 16.5 Å². The molecule has 0 spiro atoms. The van der Waals surface area contributed by atoms with Crippen LogP contribution in [0.1, 0.15) is 56.6 Å². The molecule has 0 amide bonds. The molecule has 1 aromatic rings. The molecule has 1 aliphatic heterocycles. The van der Waals surface area contributed by atoms with Crippen molar-refractivity contribution in [3.8, 4) is 0 Å². The van der Waals surface area contributed by atoms with Gasteiger partial charge >= 0.3 is 0 Å². The van der Waals surface area contributed by atoms with Crippen LogP contribution in [0.15, 0.2) is 0 Å². The second-order valence-electron chi connectivity index (χ2n) is 5.82. The number of piperidine rings is 1. The van der Waals surface area contributed by atoms with E-state index in [0.717, 1.165) is 12.5 Å². The molecule has 0 aromatic carbocycles. The van der Waals surface area contributed by atoms with Crippen LogP contribution in [0.4, 0.5) is 5.13 Å². The Bertz CT molecular complexity index is 402. The van der Waals surface area contributed by atoms with Crippen LogP contribution >= 0.6 is 11.3 Å². The van der Waals surface area contributed by atoms with Crippen LogP contribution in [0.2, 0.25) is 0 Å². The van der Waals surface area contributed by atoms with Crippen molar-refractivity contribution in [3.05, 3.63) is 10.6 Å². The van der Waals surface area contributed by atoms with Gasteiger partial charge in [-0.2, -0.15) is 0 Å². The lowest BCUT2D eigenvalue weighted by Gasteiger charge is -2.30. The second kappa shape index (κ2) is 6.71. The van der Waals surface area contributed by atoms with Crippen molar-refractivity contribution in [1.82, 2.24) is 10.3 Å². The third kappa shape index (κ3) is 3.69. The zero-order chi connectivity index (χ0) is 13.8. The second-order valence-corrected chi connectivity index (χ2v) is 6.82. The lowest BCUT2D eigenvalue weighted by Crippen LogP contribution is -2.34. The van der Waals surface area contributed by atoms with Crippen molar-refractivity contribution < 1.29 is 0 Å². The highest BCUT2D eigenvalue weighted by Crippen LogP contribution is 2.32. The van der Waals surface area contributed by atoms with E-state index in [2.05, 4.69) is 37.9 Å². The van der Waals surface area contributed by atoms with E-state index in [1.165, 1.54) is 48.1 Å². The average Bonchev–Trinajstić information content (AvgIpc) is 2.78. The summed E-state index contributed by atoms with van der Waals surface area (Å²) in [6, 6.07) is 0.424. The Morgan fingerprint density at radius 3 is 3.00 bits per heavy atom. The number of aromatic nitrogens is 1. The first kappa shape index (κ1) is 14.8. The summed E-state index contributed by atoms with van der Waals surface area (Å²) in [5, 5.41) is 4.79. The Labute approximate surface area is 121 Å². The number of nitrogens with zero attached hydrogens (tertiary/aromatic N) is 2. The van der Waals surface area contributed by atoms with Gasteiger partial charge in [0, 0.05) is 24.0 Å². The van der Waals surface area contributed by atoms with Crippen molar-refractivity contribution in [1.29, 1.82) is 0 Å². The molecule has 19 heavy (non-hydrogen) atoms. The Morgan fingerprint density at radius 2 is 2.32 bits per heavy atom. The standard InChI is InChI=1S/C15H27N3S/c1-5-8-16-12(3)14-13(4)17-15(19-14)18-9-6-7-11(2)10-18/h11-12,16H,5-10H2,1-4H3. The van der Waals surface area contributed by atoms with Gasteiger partial charge in [-0.1, -0.05) is 13.8 Å². The Kier molecular flexibility index (Phi) is 5.22. The van der Waals surface area contributed by atoms with Crippen LogP contribution in [0.25, 0.3) is 0 Å². The number of aryl methyl sites for hydroxylation is 1. The minimum atomic E-state index is 0.424. The molecule has 108 valence electrons. The number of rotatable bonds is 5. The maximum Gasteiger partial charge on any atom is 0.185 e. The molecule has 1 aromatic heterocycles. The fourth-order valence-corrected chi connectivity index (χ4v) is 3.87. The highest BCUT2D eigenvalue weighted by atomic mass is 32.1. The van der Waals surface area contributed by atoms with E-state index < -0.39 is 0 Å². The summed E-state index contributed by atoms with van der Waals surface area (Å²) in [7, 11) is 0. The maximum absolute atomic E-state index is 4.80. The predicted molar refractivity (Wildman–Crippen MR) is 84.2 cm³/mol. The molecule has 0 aliphatic carbocycles. The van der Waals surface area contributed by atoms with Gasteiger partial charge in [0.25, 0.3) is 0 Å². The Hall–Kier alpha value is -0.610. The molecule has 4 heteroatoms. The molecule has 3 nitrogen and oxygen atoms in total. The lowest BCUT2D eigenvalue weighted by molar-refractivity contribution is 0.446. The summed E-state index contributed by atoms with van der Waals surface area (Å²) in [5.74, 6) is 0.803. The molecule has 1 N–H and O–H groups in total. The number of thiazole rings is 1. The number of hydrogen-bond donors (Lipinski definition) is 1. The molecule has 2 heterocycles. The molecule has 2 atom stereocenters. The minimum absolute atomic E-state index is 0.424. The molecule has 0 saturated carbocycles. The predicted octanol–water partition coefficient (Wildman–Crippen LogP) is 3.75. The van der Waals surface area contributed by atoms with Crippen molar-refractivity contribution in [2.75, 3.05) is 24.5 Å². The van der Waals surface area contributed by atoms with Crippen LogP contribution in [0.5, 0.6) is 0 Å². The third-order valence-corrected chi connectivity index (χ3v) is 5.24. The average molecular weight is 281 g/mol. The van der Waals surface area contributed by atoms with E-state index in [1.54, 1.807) is 0 Å². The molecule has 1 saturated heterocycles. The van der Waals surface area contributed by atoms with E-state index in [4.69, 9.17) is 4.98 Å². The summed E-state index contributed by atoms with van der Waals surface area (Å²) >= 11 is 1.88. The Balaban J connectivity index is 2.07. The maximum atomic E-state index is 4.80. The monoisotopic (exact) mass is 281 g/mol. The van der Waals surface area contributed by atoms with Gasteiger partial charge in [0.05, 0.1) is 5.69 Å². The van der Waals surface area contributed by atoms with Gasteiger partial charge in [0.1, 0.15) is 0 Å². The van der Waals surface area contributed by atoms with Crippen LogP contribution < -0.4 is 10.2 Å². The van der Waals surface area contributed by atoms with Crippen LogP contribution in [-0.2, 0) is 0 Å². The zero-order valence-corrected chi connectivity index (χ0v) is 13.5. The molecular weight excluding hydrogens is 254 g/mol. The van der Waals surface area contributed by atoms with Gasteiger partial charge < -0.3 is 10.2 Å². The first-order valence-electron chi connectivity index (χ1n) is 7.57. The normalized spacial score (nSPS) is 21.7. The fourth-order valence-electron chi connectivity index (χ4n) is 2.75. The summed E-state index contributed by atoms with van der Waals surface area (Å²) in [5.41, 5.74) is 1.20. The molecule has 1 fully saturated rings. The van der Waals surface area contributed by atoms with Gasteiger partial charge in [0.2, 0.25) is 0 Å². The van der Waals surface area contributed by atoms with Crippen LogP contribution in [0, 0.1) is 12.8 Å². The van der Waals surface area contributed by atoms with Gasteiger partial charge in [-0.3, -0.25) is 0 Å².